The smallest absolute Gasteiger partial charge is 0.256 e. The van der Waals surface area contributed by atoms with Crippen LogP contribution in [0.25, 0.3) is 11.2 Å². The Balaban J connectivity index is 2.06. The molecule has 0 radical (unpaired) electrons. The lowest BCUT2D eigenvalue weighted by Gasteiger charge is -2.16. The minimum absolute atomic E-state index is 0.145. The zero-order chi connectivity index (χ0) is 18.1. The van der Waals surface area contributed by atoms with Crippen molar-refractivity contribution in [2.45, 2.75) is 24.5 Å². The molecule has 1 fully saturated rings. The molecule has 1 aliphatic rings. The van der Waals surface area contributed by atoms with Crippen molar-refractivity contribution in [3.63, 3.8) is 0 Å². The first-order valence-corrected chi connectivity index (χ1v) is 7.58. The van der Waals surface area contributed by atoms with Gasteiger partial charge in [-0.05, 0) is 0 Å². The second-order valence-electron chi connectivity index (χ2n) is 5.79. The van der Waals surface area contributed by atoms with E-state index in [2.05, 4.69) is 19.9 Å². The van der Waals surface area contributed by atoms with Gasteiger partial charge in [0, 0.05) is 14.1 Å². The summed E-state index contributed by atoms with van der Waals surface area (Å²) >= 11 is 0. The monoisotopic (exact) mass is 352 g/mol. The Labute approximate surface area is 143 Å². The van der Waals surface area contributed by atoms with E-state index in [0.717, 1.165) is 0 Å². The van der Waals surface area contributed by atoms with Gasteiger partial charge in [0.25, 0.3) is 5.95 Å². The topological polar surface area (TPSA) is 138 Å². The van der Waals surface area contributed by atoms with Gasteiger partial charge in [-0.2, -0.15) is 9.97 Å². The molecule has 25 heavy (non-hydrogen) atoms. The van der Waals surface area contributed by atoms with Crippen LogP contribution in [-0.2, 0) is 4.74 Å². The Bertz CT molecular complexity index is 778. The van der Waals surface area contributed by atoms with Gasteiger partial charge in [-0.15, -0.1) is 0 Å². The van der Waals surface area contributed by atoms with E-state index >= 15 is 0 Å². The van der Waals surface area contributed by atoms with Crippen LogP contribution in [0.15, 0.2) is 11.3 Å². The maximum absolute atomic E-state index is 10.2. The highest BCUT2D eigenvalue weighted by Gasteiger charge is 2.44. The lowest BCUT2D eigenvalue weighted by atomic mass is 10.1. The Morgan fingerprint density at radius 1 is 1.36 bits per heavy atom. The molecular formula is C14H20N6O5. The molecule has 0 aromatic carbocycles. The molecule has 3 N–H and O–H groups in total. The molecule has 1 aliphatic heterocycles. The zero-order valence-corrected chi connectivity index (χ0v) is 14.0. The van der Waals surface area contributed by atoms with E-state index < -0.39 is 31.1 Å². The molecule has 1 saturated heterocycles. The van der Waals surface area contributed by atoms with Gasteiger partial charge in [-0.1, -0.05) is 0 Å². The molecule has 0 bridgehead atoms. The van der Waals surface area contributed by atoms with E-state index in [1.165, 1.54) is 24.3 Å². The number of aliphatic imine (C=N–C) groups is 1. The van der Waals surface area contributed by atoms with Crippen molar-refractivity contribution in [3.05, 3.63) is 6.33 Å². The molecule has 0 amide bonds. The molecule has 11 nitrogen and oxygen atoms in total. The Morgan fingerprint density at radius 2 is 2.12 bits per heavy atom. The number of rotatable bonds is 5. The van der Waals surface area contributed by atoms with Crippen LogP contribution in [0.3, 0.4) is 0 Å². The van der Waals surface area contributed by atoms with Crippen LogP contribution < -0.4 is 4.74 Å². The fraction of sp³-hybridized carbons (Fsp3) is 0.571. The standard InChI is InChI=1S/C14H20N6O5/c1-19(2)5-16-14-17-11-8(12(18-14)24-3)15-6-20(11)13-10(23)9(22)7(4-21)25-13/h5-7,9-10,13,21-23H,4H2,1-3H3/b16-5+/t7-,9?,10?,13-/m1/s1. The van der Waals surface area contributed by atoms with Crippen molar-refractivity contribution in [1.29, 1.82) is 0 Å². The Hall–Kier alpha value is -2.34. The van der Waals surface area contributed by atoms with Crippen molar-refractivity contribution in [2.24, 2.45) is 4.99 Å². The summed E-state index contributed by atoms with van der Waals surface area (Å²) in [6.07, 6.45) is -1.38. The Kier molecular flexibility index (Phi) is 4.81. The van der Waals surface area contributed by atoms with Crippen LogP contribution in [0, 0.1) is 0 Å². The number of methoxy groups -OCH3 is 1. The number of ether oxygens (including phenoxy) is 2. The van der Waals surface area contributed by atoms with E-state index in [0.29, 0.717) is 11.2 Å². The molecule has 2 aromatic rings. The lowest BCUT2D eigenvalue weighted by Crippen LogP contribution is -2.33. The summed E-state index contributed by atoms with van der Waals surface area (Å²) in [7, 11) is 5.07. The number of fused-ring (bicyclic) bond motifs is 1. The quantitative estimate of drug-likeness (QED) is 0.441. The fourth-order valence-electron chi connectivity index (χ4n) is 2.54. The average molecular weight is 352 g/mol. The summed E-state index contributed by atoms with van der Waals surface area (Å²) in [4.78, 5) is 18.6. The maximum atomic E-state index is 10.2. The largest absolute Gasteiger partial charge is 0.479 e. The predicted molar refractivity (Wildman–Crippen MR) is 86.7 cm³/mol. The first-order valence-electron chi connectivity index (χ1n) is 7.58. The van der Waals surface area contributed by atoms with Crippen LogP contribution in [0.5, 0.6) is 5.88 Å². The van der Waals surface area contributed by atoms with Gasteiger partial charge < -0.3 is 29.7 Å². The molecule has 3 rings (SSSR count). The molecule has 2 aromatic heterocycles. The van der Waals surface area contributed by atoms with Gasteiger partial charge in [0.15, 0.2) is 17.4 Å². The highest BCUT2D eigenvalue weighted by atomic mass is 16.6. The molecule has 0 aliphatic carbocycles. The third kappa shape index (κ3) is 3.14. The van der Waals surface area contributed by atoms with Crippen LogP contribution >= 0.6 is 0 Å². The molecule has 11 heteroatoms. The van der Waals surface area contributed by atoms with Gasteiger partial charge in [0.1, 0.15) is 18.3 Å². The number of imidazole rings is 1. The molecule has 136 valence electrons. The van der Waals surface area contributed by atoms with Crippen LogP contribution in [-0.4, -0.2) is 92.2 Å². The average Bonchev–Trinajstić information content (AvgIpc) is 3.14. The van der Waals surface area contributed by atoms with Crippen molar-refractivity contribution >= 4 is 23.5 Å². The van der Waals surface area contributed by atoms with E-state index in [1.54, 1.807) is 4.90 Å². The molecule has 0 spiro atoms. The summed E-state index contributed by atoms with van der Waals surface area (Å²) in [5, 5.41) is 29.4. The van der Waals surface area contributed by atoms with Gasteiger partial charge >= 0.3 is 0 Å². The van der Waals surface area contributed by atoms with Gasteiger partial charge in [-0.3, -0.25) is 4.57 Å². The summed E-state index contributed by atoms with van der Waals surface area (Å²) < 4.78 is 12.2. The van der Waals surface area contributed by atoms with Gasteiger partial charge in [0.05, 0.1) is 26.4 Å². The summed E-state index contributed by atoms with van der Waals surface area (Å²) in [5.41, 5.74) is 0.691. The molecule has 4 atom stereocenters. The second-order valence-corrected chi connectivity index (χ2v) is 5.79. The highest BCUT2D eigenvalue weighted by Crippen LogP contribution is 2.33. The van der Waals surface area contributed by atoms with E-state index in [-0.39, 0.29) is 11.8 Å². The normalized spacial score (nSPS) is 26.6. The van der Waals surface area contributed by atoms with Crippen molar-refractivity contribution < 1.29 is 24.8 Å². The van der Waals surface area contributed by atoms with Gasteiger partial charge in [-0.25, -0.2) is 9.98 Å². The van der Waals surface area contributed by atoms with E-state index in [1.807, 2.05) is 14.1 Å². The minimum atomic E-state index is -1.25. The molecule has 3 heterocycles. The minimum Gasteiger partial charge on any atom is -0.479 e. The van der Waals surface area contributed by atoms with Crippen LogP contribution in [0.2, 0.25) is 0 Å². The summed E-state index contributed by atoms with van der Waals surface area (Å²) in [6, 6.07) is 0. The lowest BCUT2D eigenvalue weighted by molar-refractivity contribution is -0.0511. The first-order chi connectivity index (χ1) is 12.0. The van der Waals surface area contributed by atoms with E-state index in [9.17, 15) is 15.3 Å². The fourth-order valence-corrected chi connectivity index (χ4v) is 2.54. The molecule has 0 saturated carbocycles. The number of aliphatic hydroxyl groups excluding tert-OH is 3. The third-order valence-corrected chi connectivity index (χ3v) is 3.77. The van der Waals surface area contributed by atoms with Crippen molar-refractivity contribution in [1.82, 2.24) is 24.4 Å². The maximum Gasteiger partial charge on any atom is 0.256 e. The summed E-state index contributed by atoms with van der Waals surface area (Å²) in [5.74, 6) is 0.368. The van der Waals surface area contributed by atoms with Crippen LogP contribution in [0.1, 0.15) is 6.23 Å². The molecule has 2 unspecified atom stereocenters. The second kappa shape index (κ2) is 6.88. The third-order valence-electron chi connectivity index (χ3n) is 3.77. The number of hydrogen-bond acceptors (Lipinski definition) is 9. The molecular weight excluding hydrogens is 332 g/mol. The van der Waals surface area contributed by atoms with E-state index in [4.69, 9.17) is 9.47 Å². The number of aliphatic hydroxyl groups is 3. The van der Waals surface area contributed by atoms with Crippen molar-refractivity contribution in [3.8, 4) is 5.88 Å². The Morgan fingerprint density at radius 3 is 2.72 bits per heavy atom. The number of nitrogens with zero attached hydrogens (tertiary/aromatic N) is 6. The summed E-state index contributed by atoms with van der Waals surface area (Å²) in [6.45, 7) is -0.419. The highest BCUT2D eigenvalue weighted by molar-refractivity contribution is 5.78. The van der Waals surface area contributed by atoms with Crippen molar-refractivity contribution in [2.75, 3.05) is 27.8 Å². The zero-order valence-electron chi connectivity index (χ0n) is 14.0. The first kappa shape index (κ1) is 17.5. The number of aromatic nitrogens is 4. The SMILES string of the molecule is COc1nc(/N=C/N(C)C)nc2c1ncn2[C@@H]1O[C@H](CO)C(O)C1O. The predicted octanol–water partition coefficient (Wildman–Crippen LogP) is -1.33. The van der Waals surface area contributed by atoms with Gasteiger partial charge in [0.2, 0.25) is 5.88 Å². The number of hydrogen-bond donors (Lipinski definition) is 3. The van der Waals surface area contributed by atoms with Crippen LogP contribution in [0.4, 0.5) is 5.95 Å².